The molecule has 0 saturated carbocycles. The highest BCUT2D eigenvalue weighted by Gasteiger charge is 1.96. The van der Waals surface area contributed by atoms with Crippen molar-refractivity contribution in [2.45, 2.75) is 6.92 Å². The van der Waals surface area contributed by atoms with E-state index in [9.17, 15) is 0 Å². The van der Waals surface area contributed by atoms with Gasteiger partial charge in [-0.25, -0.2) is 0 Å². The Kier molecular flexibility index (Phi) is 5.30. The van der Waals surface area contributed by atoms with Crippen LogP contribution in [0, 0.1) is 6.92 Å². The van der Waals surface area contributed by atoms with Gasteiger partial charge in [-0.1, -0.05) is 35.3 Å². The van der Waals surface area contributed by atoms with Gasteiger partial charge in [-0.15, -0.1) is 0 Å². The number of hydrogen-bond donors (Lipinski definition) is 1. The van der Waals surface area contributed by atoms with E-state index in [-0.39, 0.29) is 0 Å². The molecule has 1 nitrogen and oxygen atoms in total. The highest BCUT2D eigenvalue weighted by Crippen LogP contribution is 2.24. The van der Waals surface area contributed by atoms with Gasteiger partial charge in [0.2, 0.25) is 0 Å². The molecule has 1 rings (SSSR count). The molecule has 0 unspecified atom stereocenters. The third-order valence-corrected chi connectivity index (χ3v) is 2.06. The average molecular weight is 193 g/mol. The molecule has 0 aliphatic carbocycles. The van der Waals surface area contributed by atoms with Crippen LogP contribution in [0.15, 0.2) is 18.2 Å². The van der Waals surface area contributed by atoms with Gasteiger partial charge < -0.3 is 5.11 Å². The van der Waals surface area contributed by atoms with Crippen molar-refractivity contribution in [2.75, 3.05) is 7.11 Å². The van der Waals surface area contributed by atoms with Crippen LogP contribution in [0.1, 0.15) is 5.56 Å². The van der Waals surface area contributed by atoms with E-state index in [1.54, 1.807) is 6.07 Å². The molecule has 1 aromatic carbocycles. The summed E-state index contributed by atoms with van der Waals surface area (Å²) in [6.45, 7) is 1.92. The molecule has 0 saturated heterocycles. The topological polar surface area (TPSA) is 20.2 Å². The monoisotopic (exact) mass is 192 g/mol. The first kappa shape index (κ1) is 10.8. The van der Waals surface area contributed by atoms with Crippen LogP contribution in [0.2, 0.25) is 10.0 Å². The summed E-state index contributed by atoms with van der Waals surface area (Å²) >= 11 is 11.4. The summed E-state index contributed by atoms with van der Waals surface area (Å²) in [7, 11) is 1.00. The Bertz CT molecular complexity index is 203. The summed E-state index contributed by atoms with van der Waals surface area (Å²) in [5.74, 6) is 0. The van der Waals surface area contributed by atoms with Crippen molar-refractivity contribution in [2.24, 2.45) is 0 Å². The molecule has 0 aromatic heterocycles. The Balaban J connectivity index is 0.000000461. The van der Waals surface area contributed by atoms with Gasteiger partial charge in [-0.3, -0.25) is 0 Å². The maximum atomic E-state index is 7.00. The van der Waals surface area contributed by atoms with Crippen molar-refractivity contribution >= 4 is 23.2 Å². The number of aliphatic hydroxyl groups is 1. The Labute approximate surface area is 76.6 Å². The van der Waals surface area contributed by atoms with Crippen LogP contribution in [-0.2, 0) is 0 Å². The highest BCUT2D eigenvalue weighted by atomic mass is 35.5. The van der Waals surface area contributed by atoms with Crippen LogP contribution in [0.4, 0.5) is 0 Å². The first-order chi connectivity index (χ1) is 5.22. The zero-order valence-corrected chi connectivity index (χ0v) is 7.95. The van der Waals surface area contributed by atoms with E-state index in [2.05, 4.69) is 0 Å². The van der Waals surface area contributed by atoms with Crippen molar-refractivity contribution in [3.63, 3.8) is 0 Å². The molecule has 0 spiro atoms. The lowest BCUT2D eigenvalue weighted by molar-refractivity contribution is 0.399. The van der Waals surface area contributed by atoms with Crippen LogP contribution in [0.5, 0.6) is 0 Å². The molecule has 0 bridgehead atoms. The maximum Gasteiger partial charge on any atom is 0.0621 e. The number of benzene rings is 1. The third-order valence-electron chi connectivity index (χ3n) is 1.14. The smallest absolute Gasteiger partial charge is 0.0621 e. The second kappa shape index (κ2) is 5.42. The summed E-state index contributed by atoms with van der Waals surface area (Å²) in [6, 6.07) is 5.58. The predicted octanol–water partition coefficient (Wildman–Crippen LogP) is 2.91. The third kappa shape index (κ3) is 3.10. The van der Waals surface area contributed by atoms with Crippen molar-refractivity contribution in [1.29, 1.82) is 0 Å². The van der Waals surface area contributed by atoms with E-state index in [0.717, 1.165) is 12.7 Å². The average Bonchev–Trinajstić information content (AvgIpc) is 2.04. The van der Waals surface area contributed by atoms with Crippen molar-refractivity contribution in [1.82, 2.24) is 0 Å². The largest absolute Gasteiger partial charge is 0.400 e. The second-order valence-corrected chi connectivity index (χ2v) is 2.66. The lowest BCUT2D eigenvalue weighted by atomic mass is 10.2. The van der Waals surface area contributed by atoms with Crippen molar-refractivity contribution in [3.8, 4) is 0 Å². The Morgan fingerprint density at radius 1 is 1.18 bits per heavy atom. The zero-order chi connectivity index (χ0) is 8.85. The van der Waals surface area contributed by atoms with E-state index >= 15 is 0 Å². The van der Waals surface area contributed by atoms with Crippen molar-refractivity contribution in [3.05, 3.63) is 33.8 Å². The molecule has 0 heterocycles. The van der Waals surface area contributed by atoms with Gasteiger partial charge in [0.25, 0.3) is 0 Å². The fraction of sp³-hybridized carbons (Fsp3) is 0.250. The molecule has 0 amide bonds. The molecule has 0 atom stereocenters. The number of aliphatic hydroxyl groups excluding tert-OH is 1. The second-order valence-electron chi connectivity index (χ2n) is 1.87. The van der Waals surface area contributed by atoms with Crippen molar-refractivity contribution < 1.29 is 5.11 Å². The van der Waals surface area contributed by atoms with E-state index in [0.29, 0.717) is 10.0 Å². The van der Waals surface area contributed by atoms with Gasteiger partial charge in [0.15, 0.2) is 0 Å². The van der Waals surface area contributed by atoms with E-state index in [1.165, 1.54) is 0 Å². The Morgan fingerprint density at radius 3 is 2.09 bits per heavy atom. The summed E-state index contributed by atoms with van der Waals surface area (Å²) in [5.41, 5.74) is 1.02. The molecule has 62 valence electrons. The number of hydrogen-bond acceptors (Lipinski definition) is 1. The number of rotatable bonds is 0. The fourth-order valence-electron chi connectivity index (χ4n) is 0.612. The zero-order valence-electron chi connectivity index (χ0n) is 6.44. The highest BCUT2D eigenvalue weighted by molar-refractivity contribution is 6.42. The number of halogens is 2. The quantitative estimate of drug-likeness (QED) is 0.671. The van der Waals surface area contributed by atoms with E-state index < -0.39 is 0 Å². The fourth-order valence-corrected chi connectivity index (χ4v) is 0.959. The predicted molar refractivity (Wildman–Crippen MR) is 49.3 cm³/mol. The maximum absolute atomic E-state index is 7.00. The summed E-state index contributed by atoms with van der Waals surface area (Å²) in [4.78, 5) is 0. The molecular formula is C8H10Cl2O. The number of aryl methyl sites for hydroxylation is 1. The molecule has 11 heavy (non-hydrogen) atoms. The van der Waals surface area contributed by atoms with Gasteiger partial charge in [0, 0.05) is 7.11 Å². The first-order valence-corrected chi connectivity index (χ1v) is 3.83. The van der Waals surface area contributed by atoms with Crippen LogP contribution in [0.25, 0.3) is 0 Å². The molecule has 3 heteroatoms. The molecule has 0 aliphatic heterocycles. The van der Waals surface area contributed by atoms with Gasteiger partial charge in [-0.2, -0.15) is 0 Å². The van der Waals surface area contributed by atoms with Crippen LogP contribution in [0.3, 0.4) is 0 Å². The summed E-state index contributed by atoms with van der Waals surface area (Å²) in [6.07, 6.45) is 0. The van der Waals surface area contributed by atoms with Gasteiger partial charge in [0.05, 0.1) is 10.0 Å². The summed E-state index contributed by atoms with van der Waals surface area (Å²) < 4.78 is 0. The minimum atomic E-state index is 0.622. The van der Waals surface area contributed by atoms with E-state index in [1.807, 2.05) is 19.1 Å². The minimum Gasteiger partial charge on any atom is -0.400 e. The first-order valence-electron chi connectivity index (χ1n) is 3.07. The molecule has 1 aromatic rings. The summed E-state index contributed by atoms with van der Waals surface area (Å²) in [5, 5.41) is 8.27. The van der Waals surface area contributed by atoms with Gasteiger partial charge in [0.1, 0.15) is 0 Å². The van der Waals surface area contributed by atoms with Crippen LogP contribution in [-0.4, -0.2) is 12.2 Å². The van der Waals surface area contributed by atoms with Crippen LogP contribution >= 0.6 is 23.2 Å². The lowest BCUT2D eigenvalue weighted by Crippen LogP contribution is -1.73. The standard InChI is InChI=1S/C7H6Cl2.CH4O/c1-5-3-2-4-6(8)7(5)9;1-2/h2-4H,1H3;2H,1H3. The van der Waals surface area contributed by atoms with Crippen LogP contribution < -0.4 is 0 Å². The van der Waals surface area contributed by atoms with Gasteiger partial charge in [-0.05, 0) is 18.6 Å². The Morgan fingerprint density at radius 2 is 1.73 bits per heavy atom. The molecule has 0 aliphatic rings. The minimum absolute atomic E-state index is 0.622. The molecular weight excluding hydrogens is 183 g/mol. The van der Waals surface area contributed by atoms with E-state index in [4.69, 9.17) is 28.3 Å². The van der Waals surface area contributed by atoms with Gasteiger partial charge >= 0.3 is 0 Å². The SMILES string of the molecule is CO.Cc1cccc(Cl)c1Cl. The normalized spacial score (nSPS) is 8.45. The molecule has 0 fully saturated rings. The lowest BCUT2D eigenvalue weighted by Gasteiger charge is -1.96. The molecule has 0 radical (unpaired) electrons. The molecule has 1 N–H and O–H groups in total. The Hall–Kier alpha value is -0.240.